The highest BCUT2D eigenvalue weighted by Crippen LogP contribution is 2.16. The van der Waals surface area contributed by atoms with Crippen molar-refractivity contribution in [1.29, 1.82) is 0 Å². The Labute approximate surface area is 97.7 Å². The summed E-state index contributed by atoms with van der Waals surface area (Å²) >= 11 is 7.41. The number of halogens is 1. The number of thioether (sulfide) groups is 1. The number of benzene rings is 1. The maximum atomic E-state index is 11.9. The molecule has 1 heterocycles. The van der Waals surface area contributed by atoms with Crippen LogP contribution in [0.3, 0.4) is 0 Å². The van der Waals surface area contributed by atoms with Crippen molar-refractivity contribution in [3.05, 3.63) is 46.0 Å². The molecule has 78 valence electrons. The molecule has 0 spiro atoms. The average Bonchev–Trinajstić information content (AvgIpc) is 2.30. The van der Waals surface area contributed by atoms with Gasteiger partial charge >= 0.3 is 0 Å². The average molecular weight is 240 g/mol. The van der Waals surface area contributed by atoms with Gasteiger partial charge in [0.1, 0.15) is 0 Å². The fraction of sp³-hybridized carbons (Fsp3) is 0.182. The second kappa shape index (κ2) is 4.73. The van der Waals surface area contributed by atoms with Gasteiger partial charge in [0.25, 0.3) is 0 Å². The molecule has 0 atom stereocenters. The van der Waals surface area contributed by atoms with Gasteiger partial charge in [-0.05, 0) is 29.7 Å². The topological polar surface area (TPSA) is 29.1 Å². The summed E-state index contributed by atoms with van der Waals surface area (Å²) in [7, 11) is 0. The van der Waals surface area contributed by atoms with Crippen molar-refractivity contribution in [2.45, 2.75) is 0 Å². The van der Waals surface area contributed by atoms with Crippen LogP contribution >= 0.6 is 23.4 Å². The first-order valence-electron chi connectivity index (χ1n) is 4.63. The molecule has 1 aliphatic heterocycles. The Balaban J connectivity index is 2.20. The largest absolute Gasteiger partial charge is 0.381 e. The summed E-state index contributed by atoms with van der Waals surface area (Å²) in [6.07, 6.45) is 0. The van der Waals surface area contributed by atoms with E-state index in [4.69, 9.17) is 11.6 Å². The molecule has 1 aromatic rings. The van der Waals surface area contributed by atoms with E-state index in [1.54, 1.807) is 36.0 Å². The highest BCUT2D eigenvalue weighted by Gasteiger charge is 2.13. The predicted octanol–water partition coefficient (Wildman–Crippen LogP) is 2.70. The van der Waals surface area contributed by atoms with Crippen LogP contribution in [-0.4, -0.2) is 18.1 Å². The van der Waals surface area contributed by atoms with Crippen LogP contribution in [0, 0.1) is 0 Å². The standard InChI is InChI=1S/C11H10ClNOS/c12-9-3-1-8(2-4-9)11(14)10-7-15-6-5-13-10/h1-4,7,13H,5-6H2. The van der Waals surface area contributed by atoms with Crippen molar-refractivity contribution in [3.8, 4) is 0 Å². The molecule has 0 aromatic heterocycles. The van der Waals surface area contributed by atoms with Crippen LogP contribution in [0.5, 0.6) is 0 Å². The lowest BCUT2D eigenvalue weighted by Gasteiger charge is -2.13. The maximum absolute atomic E-state index is 11.9. The molecule has 0 fully saturated rings. The third-order valence-corrected chi connectivity index (χ3v) is 3.18. The van der Waals surface area contributed by atoms with Crippen LogP contribution in [0.15, 0.2) is 35.4 Å². The summed E-state index contributed by atoms with van der Waals surface area (Å²) in [4.78, 5) is 11.9. The fourth-order valence-electron chi connectivity index (χ4n) is 1.32. The first-order valence-corrected chi connectivity index (χ1v) is 6.06. The summed E-state index contributed by atoms with van der Waals surface area (Å²) in [6.45, 7) is 0.843. The van der Waals surface area contributed by atoms with E-state index in [2.05, 4.69) is 5.32 Å². The van der Waals surface area contributed by atoms with E-state index >= 15 is 0 Å². The molecule has 0 saturated heterocycles. The molecule has 4 heteroatoms. The van der Waals surface area contributed by atoms with Crippen LogP contribution in [0.2, 0.25) is 5.02 Å². The first-order chi connectivity index (χ1) is 7.27. The molecule has 0 amide bonds. The summed E-state index contributed by atoms with van der Waals surface area (Å²) in [5.41, 5.74) is 1.34. The molecule has 1 aliphatic rings. The van der Waals surface area contributed by atoms with E-state index in [-0.39, 0.29) is 5.78 Å². The van der Waals surface area contributed by atoms with E-state index in [0.29, 0.717) is 16.3 Å². The zero-order valence-corrected chi connectivity index (χ0v) is 9.57. The lowest BCUT2D eigenvalue weighted by atomic mass is 10.1. The van der Waals surface area contributed by atoms with Gasteiger partial charge in [-0.1, -0.05) is 11.6 Å². The summed E-state index contributed by atoms with van der Waals surface area (Å²) in [5, 5.41) is 5.61. The van der Waals surface area contributed by atoms with Crippen LogP contribution in [0.1, 0.15) is 10.4 Å². The zero-order chi connectivity index (χ0) is 10.7. The number of hydrogen-bond donors (Lipinski definition) is 1. The number of rotatable bonds is 2. The van der Waals surface area contributed by atoms with Gasteiger partial charge in [-0.2, -0.15) is 0 Å². The SMILES string of the molecule is O=C(C1=CSCCN1)c1ccc(Cl)cc1. The van der Waals surface area contributed by atoms with Gasteiger partial charge in [0.2, 0.25) is 5.78 Å². The predicted molar refractivity (Wildman–Crippen MR) is 64.3 cm³/mol. The minimum absolute atomic E-state index is 0.0267. The van der Waals surface area contributed by atoms with Crippen LogP contribution in [0.4, 0.5) is 0 Å². The Morgan fingerprint density at radius 1 is 1.33 bits per heavy atom. The number of hydrogen-bond acceptors (Lipinski definition) is 3. The monoisotopic (exact) mass is 239 g/mol. The van der Waals surface area contributed by atoms with Crippen molar-refractivity contribution >= 4 is 29.1 Å². The molecule has 2 nitrogen and oxygen atoms in total. The quantitative estimate of drug-likeness (QED) is 0.805. The first kappa shape index (κ1) is 10.6. The summed E-state index contributed by atoms with van der Waals surface area (Å²) in [5.74, 6) is 1.04. The number of nitrogens with one attached hydrogen (secondary N) is 1. The van der Waals surface area contributed by atoms with Crippen molar-refractivity contribution in [2.75, 3.05) is 12.3 Å². The molecule has 0 bridgehead atoms. The van der Waals surface area contributed by atoms with Gasteiger partial charge in [0.05, 0.1) is 5.70 Å². The van der Waals surface area contributed by atoms with Crippen molar-refractivity contribution in [1.82, 2.24) is 5.32 Å². The Kier molecular flexibility index (Phi) is 3.34. The van der Waals surface area contributed by atoms with Crippen LogP contribution in [-0.2, 0) is 0 Å². The maximum Gasteiger partial charge on any atom is 0.209 e. The van der Waals surface area contributed by atoms with Crippen LogP contribution in [0.25, 0.3) is 0 Å². The Morgan fingerprint density at radius 3 is 2.67 bits per heavy atom. The number of carbonyl (C=O) groups excluding carboxylic acids is 1. The molecular formula is C11H10ClNOS. The van der Waals surface area contributed by atoms with E-state index < -0.39 is 0 Å². The Bertz CT molecular complexity index is 400. The highest BCUT2D eigenvalue weighted by molar-refractivity contribution is 8.02. The van der Waals surface area contributed by atoms with E-state index in [1.165, 1.54) is 0 Å². The molecule has 0 saturated carbocycles. The van der Waals surface area contributed by atoms with E-state index in [1.807, 2.05) is 5.41 Å². The van der Waals surface area contributed by atoms with Gasteiger partial charge in [0, 0.05) is 22.9 Å². The second-order valence-corrected chi connectivity index (χ2v) is 4.58. The Hall–Kier alpha value is -0.930. The molecule has 0 aliphatic carbocycles. The minimum Gasteiger partial charge on any atom is -0.381 e. The van der Waals surface area contributed by atoms with Gasteiger partial charge in [-0.25, -0.2) is 0 Å². The molecule has 15 heavy (non-hydrogen) atoms. The van der Waals surface area contributed by atoms with E-state index in [0.717, 1.165) is 12.3 Å². The second-order valence-electron chi connectivity index (χ2n) is 3.17. The number of carbonyl (C=O) groups is 1. The summed E-state index contributed by atoms with van der Waals surface area (Å²) in [6, 6.07) is 6.94. The number of allylic oxidation sites excluding steroid dienone is 1. The molecular weight excluding hydrogens is 230 g/mol. The number of Topliss-reactive ketones (excluding diaryl/α,β-unsaturated/α-hetero) is 1. The van der Waals surface area contributed by atoms with Gasteiger partial charge in [-0.3, -0.25) is 4.79 Å². The fourth-order valence-corrected chi connectivity index (χ4v) is 2.14. The molecule has 1 N–H and O–H groups in total. The van der Waals surface area contributed by atoms with Gasteiger partial charge < -0.3 is 5.32 Å². The third kappa shape index (κ3) is 2.55. The zero-order valence-electron chi connectivity index (χ0n) is 8.00. The van der Waals surface area contributed by atoms with Crippen molar-refractivity contribution in [3.63, 3.8) is 0 Å². The smallest absolute Gasteiger partial charge is 0.209 e. The minimum atomic E-state index is 0.0267. The van der Waals surface area contributed by atoms with Crippen molar-refractivity contribution < 1.29 is 4.79 Å². The molecule has 2 rings (SSSR count). The van der Waals surface area contributed by atoms with Crippen molar-refractivity contribution in [2.24, 2.45) is 0 Å². The molecule has 1 aromatic carbocycles. The number of ketones is 1. The van der Waals surface area contributed by atoms with Crippen LogP contribution < -0.4 is 5.32 Å². The lowest BCUT2D eigenvalue weighted by Crippen LogP contribution is -2.25. The normalized spacial score (nSPS) is 15.4. The van der Waals surface area contributed by atoms with E-state index in [9.17, 15) is 4.79 Å². The lowest BCUT2D eigenvalue weighted by molar-refractivity contribution is 0.102. The Morgan fingerprint density at radius 2 is 2.07 bits per heavy atom. The molecule has 0 radical (unpaired) electrons. The van der Waals surface area contributed by atoms with Gasteiger partial charge in [0.15, 0.2) is 0 Å². The summed E-state index contributed by atoms with van der Waals surface area (Å²) < 4.78 is 0. The highest BCUT2D eigenvalue weighted by atomic mass is 35.5. The molecule has 0 unspecified atom stereocenters. The third-order valence-electron chi connectivity index (χ3n) is 2.09. The van der Waals surface area contributed by atoms with Gasteiger partial charge in [-0.15, -0.1) is 11.8 Å².